The minimum absolute atomic E-state index is 0.0843. The number of hydrogen-bond acceptors (Lipinski definition) is 5. The Morgan fingerprint density at radius 1 is 1.33 bits per heavy atom. The summed E-state index contributed by atoms with van der Waals surface area (Å²) in [6.07, 6.45) is 7.91. The molecule has 4 fully saturated rings. The van der Waals surface area contributed by atoms with E-state index in [1.807, 2.05) is 13.8 Å². The van der Waals surface area contributed by atoms with Gasteiger partial charge in [-0.2, -0.15) is 4.98 Å². The van der Waals surface area contributed by atoms with Crippen LogP contribution in [0, 0.1) is 17.3 Å². The molecule has 1 aromatic rings. The second-order valence-corrected chi connectivity index (χ2v) is 10.3. The van der Waals surface area contributed by atoms with Gasteiger partial charge < -0.3 is 9.26 Å². The van der Waals surface area contributed by atoms with Gasteiger partial charge in [0.1, 0.15) is 0 Å². The maximum Gasteiger partial charge on any atom is 0.306 e. The van der Waals surface area contributed by atoms with Crippen molar-refractivity contribution in [3.63, 3.8) is 0 Å². The van der Waals surface area contributed by atoms with Crippen LogP contribution < -0.4 is 0 Å². The lowest BCUT2D eigenvalue weighted by Gasteiger charge is -2.60. The lowest BCUT2D eigenvalue weighted by atomic mass is 9.49. The van der Waals surface area contributed by atoms with Crippen molar-refractivity contribution in [2.45, 2.75) is 75.6 Å². The van der Waals surface area contributed by atoms with Gasteiger partial charge in [-0.05, 0) is 55.8 Å². The molecule has 2 unspecified atom stereocenters. The average molecular weight is 397 g/mol. The van der Waals surface area contributed by atoms with Gasteiger partial charge >= 0.3 is 5.97 Å². The number of alkyl halides is 1. The van der Waals surface area contributed by atoms with Crippen LogP contribution in [0.2, 0.25) is 0 Å². The van der Waals surface area contributed by atoms with Crippen molar-refractivity contribution in [1.29, 1.82) is 0 Å². The monoisotopic (exact) mass is 396 g/mol. The quantitative estimate of drug-likeness (QED) is 0.546. The van der Waals surface area contributed by atoms with Crippen molar-refractivity contribution < 1.29 is 14.1 Å². The Hall–Kier alpha value is -0.910. The topological polar surface area (TPSA) is 65.2 Å². The molecule has 24 heavy (non-hydrogen) atoms. The molecule has 6 heteroatoms. The molecule has 5 nitrogen and oxygen atoms in total. The lowest BCUT2D eigenvalue weighted by Crippen LogP contribution is -2.53. The third-order valence-electron chi connectivity index (χ3n) is 5.99. The molecule has 0 radical (unpaired) electrons. The van der Waals surface area contributed by atoms with Crippen LogP contribution in [0.3, 0.4) is 0 Å². The molecule has 1 heterocycles. The molecule has 0 N–H and O–H groups in total. The van der Waals surface area contributed by atoms with Crippen LogP contribution in [-0.2, 0) is 16.1 Å². The molecule has 4 bridgehead atoms. The molecule has 132 valence electrons. The number of carbonyl (C=O) groups is 1. The fourth-order valence-corrected chi connectivity index (χ4v) is 7.11. The number of nitrogens with zero attached hydrogens (tertiary/aromatic N) is 2. The first-order chi connectivity index (χ1) is 11.3. The number of hydrogen-bond donors (Lipinski definition) is 0. The second-order valence-electron chi connectivity index (χ2n) is 8.65. The van der Waals surface area contributed by atoms with Crippen LogP contribution in [0.1, 0.15) is 76.4 Å². The van der Waals surface area contributed by atoms with Crippen molar-refractivity contribution in [1.82, 2.24) is 10.1 Å². The van der Waals surface area contributed by atoms with Crippen LogP contribution in [0.25, 0.3) is 0 Å². The van der Waals surface area contributed by atoms with E-state index < -0.39 is 0 Å². The Morgan fingerprint density at radius 3 is 2.62 bits per heavy atom. The molecule has 0 saturated heterocycles. The molecular weight excluding hydrogens is 372 g/mol. The number of carbonyl (C=O) groups excluding carboxylic acids is 1. The van der Waals surface area contributed by atoms with E-state index in [1.54, 1.807) is 0 Å². The number of esters is 1. The van der Waals surface area contributed by atoms with Gasteiger partial charge in [-0.15, -0.1) is 0 Å². The van der Waals surface area contributed by atoms with E-state index >= 15 is 0 Å². The molecule has 0 aromatic carbocycles. The first kappa shape index (κ1) is 16.6. The summed E-state index contributed by atoms with van der Waals surface area (Å²) in [5.74, 6) is 2.68. The van der Waals surface area contributed by atoms with Gasteiger partial charge in [0.05, 0.1) is 6.42 Å². The predicted molar refractivity (Wildman–Crippen MR) is 91.6 cm³/mol. The summed E-state index contributed by atoms with van der Waals surface area (Å²) < 4.78 is 10.9. The first-order valence-electron chi connectivity index (χ1n) is 9.02. The van der Waals surface area contributed by atoms with Crippen LogP contribution in [0.15, 0.2) is 4.52 Å². The zero-order chi connectivity index (χ0) is 16.9. The smallest absolute Gasteiger partial charge is 0.306 e. The van der Waals surface area contributed by atoms with Crippen molar-refractivity contribution in [3.8, 4) is 0 Å². The normalized spacial score (nSPS) is 37.2. The minimum atomic E-state index is -0.127. The second kappa shape index (κ2) is 5.82. The lowest BCUT2D eigenvalue weighted by molar-refractivity contribution is -0.153. The summed E-state index contributed by atoms with van der Waals surface area (Å²) in [6.45, 7) is 4.09. The van der Waals surface area contributed by atoms with Gasteiger partial charge in [0.25, 0.3) is 5.89 Å². The maximum atomic E-state index is 12.4. The van der Waals surface area contributed by atoms with Crippen molar-refractivity contribution in [3.05, 3.63) is 11.7 Å². The summed E-state index contributed by atoms with van der Waals surface area (Å²) in [5, 5.41) is 3.90. The van der Waals surface area contributed by atoms with E-state index in [0.29, 0.717) is 18.1 Å². The summed E-state index contributed by atoms with van der Waals surface area (Å²) in [7, 11) is 0. The summed E-state index contributed by atoms with van der Waals surface area (Å²) in [5.41, 5.74) is 0.141. The highest BCUT2D eigenvalue weighted by Crippen LogP contribution is 2.65. The Balaban J connectivity index is 1.36. The molecule has 4 aliphatic rings. The molecule has 0 spiro atoms. The van der Waals surface area contributed by atoms with Crippen molar-refractivity contribution >= 4 is 21.9 Å². The molecule has 4 aliphatic carbocycles. The fourth-order valence-electron chi connectivity index (χ4n) is 5.60. The Morgan fingerprint density at radius 2 is 2.04 bits per heavy atom. The standard InChI is InChI=1S/C18H25BrN2O3/c1-11(2)16-20-14(24-21-16)9-23-15(22)8-17-4-12-3-13(5-17)7-18(19,6-12)10-17/h11-13H,3-10H2,1-2H3. The highest BCUT2D eigenvalue weighted by Gasteiger charge is 2.57. The molecule has 1 aromatic heterocycles. The molecular formula is C18H25BrN2O3. The third kappa shape index (κ3) is 3.14. The summed E-state index contributed by atoms with van der Waals surface area (Å²) in [6, 6.07) is 0. The SMILES string of the molecule is CC(C)c1noc(COC(=O)CC23CC4CC(CC(Br)(C4)C2)C3)n1. The zero-order valence-electron chi connectivity index (χ0n) is 14.4. The van der Waals surface area contributed by atoms with E-state index in [2.05, 4.69) is 26.1 Å². The summed E-state index contributed by atoms with van der Waals surface area (Å²) >= 11 is 3.99. The average Bonchev–Trinajstić information content (AvgIpc) is 2.91. The van der Waals surface area contributed by atoms with Crippen LogP contribution in [-0.4, -0.2) is 20.4 Å². The van der Waals surface area contributed by atoms with E-state index in [0.717, 1.165) is 18.3 Å². The van der Waals surface area contributed by atoms with Crippen LogP contribution in [0.5, 0.6) is 0 Å². The predicted octanol–water partition coefficient (Wildman–Crippen LogP) is 4.36. The van der Waals surface area contributed by atoms with Gasteiger partial charge in [0.2, 0.25) is 0 Å². The molecule has 0 aliphatic heterocycles. The molecule has 5 rings (SSSR count). The number of ether oxygens (including phenoxy) is 1. The van der Waals surface area contributed by atoms with E-state index in [1.165, 1.54) is 32.1 Å². The zero-order valence-corrected chi connectivity index (χ0v) is 16.0. The van der Waals surface area contributed by atoms with E-state index in [-0.39, 0.29) is 28.2 Å². The summed E-state index contributed by atoms with van der Waals surface area (Å²) in [4.78, 5) is 16.7. The number of rotatable bonds is 5. The van der Waals surface area contributed by atoms with Gasteiger partial charge in [-0.25, -0.2) is 0 Å². The van der Waals surface area contributed by atoms with Gasteiger partial charge in [-0.3, -0.25) is 4.79 Å². The van der Waals surface area contributed by atoms with E-state index in [9.17, 15) is 4.79 Å². The molecule has 2 atom stereocenters. The van der Waals surface area contributed by atoms with E-state index in [4.69, 9.17) is 9.26 Å². The number of halogens is 1. The fraction of sp³-hybridized carbons (Fsp3) is 0.833. The minimum Gasteiger partial charge on any atom is -0.456 e. The largest absolute Gasteiger partial charge is 0.456 e. The highest BCUT2D eigenvalue weighted by atomic mass is 79.9. The van der Waals surface area contributed by atoms with Gasteiger partial charge in [0.15, 0.2) is 12.4 Å². The van der Waals surface area contributed by atoms with Crippen LogP contribution >= 0.6 is 15.9 Å². The highest BCUT2D eigenvalue weighted by molar-refractivity contribution is 9.10. The Bertz CT molecular complexity index is 628. The number of aromatic nitrogens is 2. The Kier molecular flexibility index (Phi) is 4.01. The van der Waals surface area contributed by atoms with Gasteiger partial charge in [0, 0.05) is 10.2 Å². The van der Waals surface area contributed by atoms with Crippen molar-refractivity contribution in [2.75, 3.05) is 0 Å². The molecule has 0 amide bonds. The maximum absolute atomic E-state index is 12.4. The Labute approximate surface area is 151 Å². The first-order valence-corrected chi connectivity index (χ1v) is 9.81. The van der Waals surface area contributed by atoms with Crippen LogP contribution in [0.4, 0.5) is 0 Å². The molecule has 4 saturated carbocycles. The van der Waals surface area contributed by atoms with Gasteiger partial charge in [-0.1, -0.05) is 34.9 Å². The van der Waals surface area contributed by atoms with Crippen molar-refractivity contribution in [2.24, 2.45) is 17.3 Å². The third-order valence-corrected chi connectivity index (χ3v) is 6.91.